The molecule has 0 aliphatic rings. The maximum atomic E-state index is 10.8. The van der Waals surface area contributed by atoms with Gasteiger partial charge in [0, 0.05) is 0 Å². The van der Waals surface area contributed by atoms with Crippen LogP contribution in [0.4, 0.5) is 0 Å². The summed E-state index contributed by atoms with van der Waals surface area (Å²) < 4.78 is 0. The van der Waals surface area contributed by atoms with Crippen LogP contribution in [-0.4, -0.2) is 104 Å². The molecule has 0 bridgehead atoms. The van der Waals surface area contributed by atoms with Crippen molar-refractivity contribution in [3.8, 4) is 0 Å². The number of hydrogen-bond acceptors (Lipinski definition) is 6. The molecule has 0 aliphatic carbocycles. The van der Waals surface area contributed by atoms with Gasteiger partial charge in [0.1, 0.15) is 0 Å². The Bertz CT molecular complexity index is 369. The third kappa shape index (κ3) is 9.65. The first-order chi connectivity index (χ1) is 8.92. The van der Waals surface area contributed by atoms with E-state index in [4.69, 9.17) is 31.9 Å². The summed E-state index contributed by atoms with van der Waals surface area (Å²) in [6, 6.07) is 0. The van der Waals surface area contributed by atoms with E-state index < -0.39 is 60.6 Å². The standard InChI is InChI=1S/C10H16N2O8.Ca.2H2O.2H/c11-9(1-5(13)14,2-6(15)16)10(12,3-7(17)18)4-8(19)20;;;;;/h1-4,11-12H2,(H,13,14)(H,15,16)(H,17,18)(H,19,20);;2*1H2;;. The molecule has 0 rings (SSSR count). The van der Waals surface area contributed by atoms with Gasteiger partial charge in [-0.2, -0.15) is 0 Å². The zero-order chi connectivity index (χ0) is 16.1. The van der Waals surface area contributed by atoms with Crippen molar-refractivity contribution in [2.24, 2.45) is 11.5 Å². The SMILES string of the molecule is NC(CC(=O)O)(CC(=O)O)C(N)(CC(=O)O)CC(=O)O.O.O.[CaH2]. The van der Waals surface area contributed by atoms with Crippen molar-refractivity contribution in [3.05, 3.63) is 0 Å². The van der Waals surface area contributed by atoms with Crippen LogP contribution >= 0.6 is 0 Å². The molecule has 0 aromatic rings. The molecule has 0 radical (unpaired) electrons. The first-order valence-corrected chi connectivity index (χ1v) is 5.37. The number of hydrogen-bond donors (Lipinski definition) is 6. The third-order valence-corrected chi connectivity index (χ3v) is 2.86. The predicted molar refractivity (Wildman–Crippen MR) is 78.6 cm³/mol. The fourth-order valence-corrected chi connectivity index (χ4v) is 1.91. The van der Waals surface area contributed by atoms with E-state index in [2.05, 4.69) is 0 Å². The molecular weight excluding hydrogens is 348 g/mol. The summed E-state index contributed by atoms with van der Waals surface area (Å²) in [5.41, 5.74) is 6.88. The van der Waals surface area contributed by atoms with E-state index in [1.54, 1.807) is 0 Å². The molecule has 0 atom stereocenters. The van der Waals surface area contributed by atoms with Gasteiger partial charge in [0.25, 0.3) is 0 Å². The third-order valence-electron chi connectivity index (χ3n) is 2.86. The van der Waals surface area contributed by atoms with Crippen molar-refractivity contribution in [2.45, 2.75) is 36.8 Å². The van der Waals surface area contributed by atoms with Crippen molar-refractivity contribution in [2.75, 3.05) is 0 Å². The van der Waals surface area contributed by atoms with Gasteiger partial charge >= 0.3 is 61.6 Å². The molecule has 0 heterocycles. The second-order valence-electron chi connectivity index (χ2n) is 4.59. The van der Waals surface area contributed by atoms with Gasteiger partial charge in [0.05, 0.1) is 36.8 Å². The van der Waals surface area contributed by atoms with Crippen LogP contribution in [0.2, 0.25) is 0 Å². The van der Waals surface area contributed by atoms with Crippen molar-refractivity contribution in [3.63, 3.8) is 0 Å². The van der Waals surface area contributed by atoms with Gasteiger partial charge in [0.15, 0.2) is 0 Å². The van der Waals surface area contributed by atoms with Crippen LogP contribution in [-0.2, 0) is 19.2 Å². The van der Waals surface area contributed by atoms with Gasteiger partial charge in [-0.3, -0.25) is 19.2 Å². The van der Waals surface area contributed by atoms with Crippen molar-refractivity contribution < 1.29 is 50.6 Å². The Kier molecular flexibility index (Phi) is 15.0. The van der Waals surface area contributed by atoms with E-state index in [9.17, 15) is 19.2 Å². The summed E-state index contributed by atoms with van der Waals surface area (Å²) >= 11 is 0. The van der Waals surface area contributed by atoms with E-state index in [1.807, 2.05) is 0 Å². The average Bonchev–Trinajstić information content (AvgIpc) is 2.10. The van der Waals surface area contributed by atoms with Crippen LogP contribution in [0.1, 0.15) is 25.7 Å². The number of carbonyl (C=O) groups is 4. The second kappa shape index (κ2) is 11.5. The quantitative estimate of drug-likeness (QED) is 0.212. The molecule has 0 aliphatic heterocycles. The van der Waals surface area contributed by atoms with Crippen LogP contribution in [0.3, 0.4) is 0 Å². The number of rotatable bonds is 9. The van der Waals surface area contributed by atoms with Gasteiger partial charge in [-0.25, -0.2) is 0 Å². The predicted octanol–water partition coefficient (Wildman–Crippen LogP) is -4.29. The molecule has 12 N–H and O–H groups in total. The Labute approximate surface area is 160 Å². The van der Waals surface area contributed by atoms with E-state index in [-0.39, 0.29) is 48.7 Å². The topological polar surface area (TPSA) is 264 Å². The Morgan fingerprint density at radius 2 is 0.739 bits per heavy atom. The Balaban J connectivity index is -0.000000602. The number of nitrogens with two attached hydrogens (primary N) is 2. The maximum absolute atomic E-state index is 10.8. The molecule has 0 amide bonds. The van der Waals surface area contributed by atoms with Crippen molar-refractivity contribution >= 4 is 61.6 Å². The van der Waals surface area contributed by atoms with Gasteiger partial charge in [-0.1, -0.05) is 0 Å². The first kappa shape index (κ1) is 29.9. The van der Waals surface area contributed by atoms with Crippen LogP contribution in [0.5, 0.6) is 0 Å². The minimum atomic E-state index is -2.22. The molecule has 134 valence electrons. The van der Waals surface area contributed by atoms with Gasteiger partial charge in [-0.05, 0) is 0 Å². The number of aliphatic carboxylic acids is 4. The Morgan fingerprint density at radius 3 is 0.826 bits per heavy atom. The summed E-state index contributed by atoms with van der Waals surface area (Å²) in [7, 11) is 0. The van der Waals surface area contributed by atoms with Crippen LogP contribution in [0.15, 0.2) is 0 Å². The van der Waals surface area contributed by atoms with E-state index >= 15 is 0 Å². The molecule has 0 aromatic heterocycles. The zero-order valence-corrected chi connectivity index (χ0v) is 11.4. The van der Waals surface area contributed by atoms with E-state index in [0.29, 0.717) is 0 Å². The van der Waals surface area contributed by atoms with Crippen LogP contribution < -0.4 is 11.5 Å². The molecule has 0 fully saturated rings. The molecule has 12 nitrogen and oxygen atoms in total. The van der Waals surface area contributed by atoms with Gasteiger partial charge in [0.2, 0.25) is 0 Å². The van der Waals surface area contributed by atoms with E-state index in [0.717, 1.165) is 0 Å². The fraction of sp³-hybridized carbons (Fsp3) is 0.600. The summed E-state index contributed by atoms with van der Waals surface area (Å²) in [6.07, 6.45) is -3.90. The van der Waals surface area contributed by atoms with Gasteiger partial charge < -0.3 is 42.8 Å². The molecule has 0 saturated carbocycles. The number of carboxylic acid groups (broad SMARTS) is 4. The zero-order valence-electron chi connectivity index (χ0n) is 11.4. The molecular formula is C10H22CaN2O10. The molecule has 0 spiro atoms. The summed E-state index contributed by atoms with van der Waals surface area (Å²) in [5.74, 6) is -6.06. The van der Waals surface area contributed by atoms with Crippen molar-refractivity contribution in [1.82, 2.24) is 0 Å². The van der Waals surface area contributed by atoms with Gasteiger partial charge in [-0.15, -0.1) is 0 Å². The molecule has 0 unspecified atom stereocenters. The van der Waals surface area contributed by atoms with E-state index in [1.165, 1.54) is 0 Å². The van der Waals surface area contributed by atoms with Crippen LogP contribution in [0, 0.1) is 0 Å². The minimum absolute atomic E-state index is 0. The Morgan fingerprint density at radius 1 is 0.609 bits per heavy atom. The summed E-state index contributed by atoms with van der Waals surface area (Å²) in [5, 5.41) is 35.1. The molecule has 0 saturated heterocycles. The second-order valence-corrected chi connectivity index (χ2v) is 4.59. The average molecular weight is 370 g/mol. The summed E-state index contributed by atoms with van der Waals surface area (Å²) in [6.45, 7) is 0. The fourth-order valence-electron chi connectivity index (χ4n) is 1.91. The normalized spacial score (nSPS) is 10.3. The molecule has 0 aromatic carbocycles. The Hall–Kier alpha value is -1.02. The number of carboxylic acids is 4. The van der Waals surface area contributed by atoms with Crippen LogP contribution in [0.25, 0.3) is 0 Å². The monoisotopic (exact) mass is 370 g/mol. The first-order valence-electron chi connectivity index (χ1n) is 5.37. The summed E-state index contributed by atoms with van der Waals surface area (Å²) in [4.78, 5) is 43.2. The van der Waals surface area contributed by atoms with Crippen molar-refractivity contribution in [1.29, 1.82) is 0 Å². The molecule has 13 heteroatoms. The molecule has 23 heavy (non-hydrogen) atoms.